The number of hydrogen-bond acceptors (Lipinski definition) is 6. The summed E-state index contributed by atoms with van der Waals surface area (Å²) in [5.41, 5.74) is 5.32. The van der Waals surface area contributed by atoms with Crippen LogP contribution in [0.1, 0.15) is 12.5 Å². The standard InChI is InChI=1S/C27H26N6O2/c1-4-35-27-24(32-25(34)9-6-10-33(2)3)13-21(16-31-27)20-12-22-23(17-30-26(22)29-15-20)19-8-5-7-18(11-19)14-28/h5-9,11-13,15-17H,4,10H2,1-3H3,(H,29,30)(H,32,34)/b9-6+. The number of benzene rings is 1. The largest absolute Gasteiger partial charge is 0.476 e. The Morgan fingerprint density at radius 2 is 1.97 bits per heavy atom. The lowest BCUT2D eigenvalue weighted by Crippen LogP contribution is -2.13. The summed E-state index contributed by atoms with van der Waals surface area (Å²) in [6.07, 6.45) is 8.64. The molecule has 3 heterocycles. The third-order valence-electron chi connectivity index (χ3n) is 5.30. The lowest BCUT2D eigenvalue weighted by molar-refractivity contribution is -0.111. The van der Waals surface area contributed by atoms with Gasteiger partial charge in [-0.3, -0.25) is 4.79 Å². The monoisotopic (exact) mass is 466 g/mol. The molecule has 0 bridgehead atoms. The minimum absolute atomic E-state index is 0.259. The Hall–Kier alpha value is -4.48. The highest BCUT2D eigenvalue weighted by atomic mass is 16.5. The summed E-state index contributed by atoms with van der Waals surface area (Å²) in [5, 5.41) is 13.1. The number of carbonyl (C=O) groups excluding carboxylic acids is 1. The topological polar surface area (TPSA) is 107 Å². The van der Waals surface area contributed by atoms with Gasteiger partial charge < -0.3 is 19.9 Å². The summed E-state index contributed by atoms with van der Waals surface area (Å²) in [4.78, 5) is 26.6. The van der Waals surface area contributed by atoms with Crippen LogP contribution in [0.2, 0.25) is 0 Å². The molecule has 0 fully saturated rings. The van der Waals surface area contributed by atoms with Gasteiger partial charge in [-0.2, -0.15) is 5.26 Å². The van der Waals surface area contributed by atoms with Gasteiger partial charge in [-0.15, -0.1) is 0 Å². The van der Waals surface area contributed by atoms with Gasteiger partial charge >= 0.3 is 0 Å². The predicted octanol–water partition coefficient (Wildman–Crippen LogP) is 4.62. The summed E-state index contributed by atoms with van der Waals surface area (Å²) >= 11 is 0. The summed E-state index contributed by atoms with van der Waals surface area (Å²) in [5.74, 6) is 0.0981. The SMILES string of the molecule is CCOc1ncc(-c2cnc3[nH]cc(-c4cccc(C#N)c4)c3c2)cc1NC(=O)/C=C/CN(C)C. The van der Waals surface area contributed by atoms with E-state index >= 15 is 0 Å². The van der Waals surface area contributed by atoms with Gasteiger partial charge in [0.25, 0.3) is 0 Å². The van der Waals surface area contributed by atoms with Crippen molar-refractivity contribution in [2.75, 3.05) is 32.6 Å². The number of nitriles is 1. The number of aromatic amines is 1. The van der Waals surface area contributed by atoms with Gasteiger partial charge in [0.1, 0.15) is 11.3 Å². The summed E-state index contributed by atoms with van der Waals surface area (Å²) in [6, 6.07) is 13.5. The zero-order chi connectivity index (χ0) is 24.8. The molecule has 8 heteroatoms. The van der Waals surface area contributed by atoms with Crippen molar-refractivity contribution in [2.24, 2.45) is 0 Å². The number of anilines is 1. The third-order valence-corrected chi connectivity index (χ3v) is 5.30. The number of amides is 1. The number of ether oxygens (including phenoxy) is 1. The van der Waals surface area contributed by atoms with Gasteiger partial charge in [0.05, 0.1) is 18.2 Å². The zero-order valence-electron chi connectivity index (χ0n) is 19.9. The summed E-state index contributed by atoms with van der Waals surface area (Å²) < 4.78 is 5.62. The molecular weight excluding hydrogens is 440 g/mol. The number of H-pyrrole nitrogens is 1. The molecule has 8 nitrogen and oxygen atoms in total. The van der Waals surface area contributed by atoms with Crippen molar-refractivity contribution >= 4 is 22.6 Å². The molecule has 0 saturated heterocycles. The molecule has 4 rings (SSSR count). The van der Waals surface area contributed by atoms with E-state index in [9.17, 15) is 10.1 Å². The highest BCUT2D eigenvalue weighted by Gasteiger charge is 2.13. The number of aromatic nitrogens is 3. The quantitative estimate of drug-likeness (QED) is 0.367. The fourth-order valence-electron chi connectivity index (χ4n) is 3.65. The second-order valence-corrected chi connectivity index (χ2v) is 8.18. The van der Waals surface area contributed by atoms with E-state index in [1.807, 2.05) is 62.4 Å². The second-order valence-electron chi connectivity index (χ2n) is 8.18. The van der Waals surface area contributed by atoms with Crippen LogP contribution in [0.5, 0.6) is 5.88 Å². The molecule has 0 aliphatic carbocycles. The average Bonchev–Trinajstić information content (AvgIpc) is 3.28. The molecule has 35 heavy (non-hydrogen) atoms. The van der Waals surface area contributed by atoms with Gasteiger partial charge in [0.15, 0.2) is 0 Å². The van der Waals surface area contributed by atoms with Gasteiger partial charge in [-0.25, -0.2) is 9.97 Å². The number of nitrogens with one attached hydrogen (secondary N) is 2. The van der Waals surface area contributed by atoms with Crippen molar-refractivity contribution in [3.63, 3.8) is 0 Å². The average molecular weight is 467 g/mol. The van der Waals surface area contributed by atoms with Gasteiger partial charge in [-0.05, 0) is 50.8 Å². The van der Waals surface area contributed by atoms with Crippen LogP contribution in [0.25, 0.3) is 33.3 Å². The van der Waals surface area contributed by atoms with Crippen molar-refractivity contribution < 1.29 is 9.53 Å². The molecule has 0 radical (unpaired) electrons. The Labute approximate surface area is 203 Å². The van der Waals surface area contributed by atoms with E-state index < -0.39 is 0 Å². The highest BCUT2D eigenvalue weighted by molar-refractivity contribution is 6.01. The van der Waals surface area contributed by atoms with Crippen LogP contribution in [-0.2, 0) is 4.79 Å². The van der Waals surface area contributed by atoms with Crippen molar-refractivity contribution in [1.29, 1.82) is 5.26 Å². The molecule has 2 N–H and O–H groups in total. The van der Waals surface area contributed by atoms with Crippen molar-refractivity contribution in [3.05, 3.63) is 72.7 Å². The molecule has 0 unspecified atom stereocenters. The molecular formula is C27H26N6O2. The smallest absolute Gasteiger partial charge is 0.248 e. The Balaban J connectivity index is 1.69. The minimum atomic E-state index is -0.259. The maximum Gasteiger partial charge on any atom is 0.248 e. The first-order valence-electron chi connectivity index (χ1n) is 11.2. The molecule has 0 spiro atoms. The Bertz CT molecular complexity index is 1430. The molecule has 1 aromatic carbocycles. The summed E-state index contributed by atoms with van der Waals surface area (Å²) in [7, 11) is 3.87. The van der Waals surface area contributed by atoms with Crippen molar-refractivity contribution in [1.82, 2.24) is 19.9 Å². The van der Waals surface area contributed by atoms with Gasteiger partial charge in [0.2, 0.25) is 11.8 Å². The Morgan fingerprint density at radius 1 is 1.17 bits per heavy atom. The van der Waals surface area contributed by atoms with Crippen LogP contribution in [0.4, 0.5) is 5.69 Å². The number of nitrogens with zero attached hydrogens (tertiary/aromatic N) is 4. The normalized spacial score (nSPS) is 11.2. The Kier molecular flexibility index (Phi) is 7.19. The number of hydrogen-bond donors (Lipinski definition) is 2. The van der Waals surface area contributed by atoms with E-state index in [0.717, 1.165) is 33.3 Å². The van der Waals surface area contributed by atoms with E-state index in [1.165, 1.54) is 6.08 Å². The molecule has 0 aliphatic heterocycles. The maximum absolute atomic E-state index is 12.5. The van der Waals surface area contributed by atoms with Crippen molar-refractivity contribution in [2.45, 2.75) is 6.92 Å². The second kappa shape index (κ2) is 10.6. The van der Waals surface area contributed by atoms with Crippen LogP contribution in [0.15, 0.2) is 67.1 Å². The van der Waals surface area contributed by atoms with Gasteiger partial charge in [-0.1, -0.05) is 18.2 Å². The van der Waals surface area contributed by atoms with Gasteiger partial charge in [0, 0.05) is 53.3 Å². The maximum atomic E-state index is 12.5. The van der Waals surface area contributed by atoms with Crippen LogP contribution >= 0.6 is 0 Å². The number of carbonyl (C=O) groups is 1. The number of fused-ring (bicyclic) bond motifs is 1. The molecule has 0 saturated carbocycles. The first-order chi connectivity index (χ1) is 17.0. The lowest BCUT2D eigenvalue weighted by atomic mass is 10.0. The van der Waals surface area contributed by atoms with E-state index in [0.29, 0.717) is 30.3 Å². The molecule has 0 aliphatic rings. The molecule has 0 atom stereocenters. The number of pyridine rings is 2. The molecule has 3 aromatic heterocycles. The van der Waals surface area contributed by atoms with Crippen LogP contribution < -0.4 is 10.1 Å². The van der Waals surface area contributed by atoms with E-state index in [1.54, 1.807) is 24.5 Å². The third kappa shape index (κ3) is 5.54. The first kappa shape index (κ1) is 23.7. The highest BCUT2D eigenvalue weighted by Crippen LogP contribution is 2.33. The molecule has 176 valence electrons. The van der Waals surface area contributed by atoms with E-state index in [-0.39, 0.29) is 5.91 Å². The molecule has 4 aromatic rings. The minimum Gasteiger partial charge on any atom is -0.476 e. The summed E-state index contributed by atoms with van der Waals surface area (Å²) in [6.45, 7) is 2.95. The fourth-order valence-corrected chi connectivity index (χ4v) is 3.65. The lowest BCUT2D eigenvalue weighted by Gasteiger charge is -2.12. The van der Waals surface area contributed by atoms with E-state index in [4.69, 9.17) is 4.74 Å². The fraction of sp³-hybridized carbons (Fsp3) is 0.185. The number of likely N-dealkylation sites (N-methyl/N-ethyl adjacent to an activating group) is 1. The van der Waals surface area contributed by atoms with Crippen LogP contribution in [0.3, 0.4) is 0 Å². The first-order valence-corrected chi connectivity index (χ1v) is 11.2. The van der Waals surface area contributed by atoms with Crippen LogP contribution in [-0.4, -0.2) is 53.0 Å². The predicted molar refractivity (Wildman–Crippen MR) is 137 cm³/mol. The molecule has 1 amide bonds. The zero-order valence-corrected chi connectivity index (χ0v) is 19.9. The van der Waals surface area contributed by atoms with E-state index in [2.05, 4.69) is 26.3 Å². The Morgan fingerprint density at radius 3 is 2.74 bits per heavy atom. The van der Waals surface area contributed by atoms with Crippen molar-refractivity contribution in [3.8, 4) is 34.2 Å². The van der Waals surface area contributed by atoms with Crippen LogP contribution in [0, 0.1) is 11.3 Å². The number of rotatable bonds is 8.